The van der Waals surface area contributed by atoms with E-state index in [1.165, 1.54) is 0 Å². The second-order valence-corrected chi connectivity index (χ2v) is 5.39. The lowest BCUT2D eigenvalue weighted by molar-refractivity contribution is -0.122. The van der Waals surface area contributed by atoms with Gasteiger partial charge in [-0.25, -0.2) is 0 Å². The lowest BCUT2D eigenvalue weighted by atomic mass is 10.0. The smallest absolute Gasteiger partial charge is 0.237 e. The van der Waals surface area contributed by atoms with Crippen molar-refractivity contribution in [3.63, 3.8) is 0 Å². The maximum Gasteiger partial charge on any atom is 0.237 e. The van der Waals surface area contributed by atoms with Crippen molar-refractivity contribution in [2.45, 2.75) is 32.9 Å². The molecule has 7 nitrogen and oxygen atoms in total. The molecule has 0 aliphatic rings. The summed E-state index contributed by atoms with van der Waals surface area (Å²) in [6.45, 7) is 4.55. The zero-order valence-electron chi connectivity index (χ0n) is 12.2. The quantitative estimate of drug-likeness (QED) is 0.730. The molecule has 0 spiro atoms. The molecular weight excluding hydrogens is 268 g/mol. The van der Waals surface area contributed by atoms with Gasteiger partial charge in [-0.1, -0.05) is 38.1 Å². The minimum absolute atomic E-state index is 0.119. The fourth-order valence-electron chi connectivity index (χ4n) is 1.99. The van der Waals surface area contributed by atoms with Gasteiger partial charge in [-0.15, -0.1) is 10.2 Å². The largest absolute Gasteiger partial charge is 0.351 e. The molecule has 2 rings (SSSR count). The van der Waals surface area contributed by atoms with E-state index in [0.29, 0.717) is 24.7 Å². The average molecular weight is 288 g/mol. The Hall–Kier alpha value is -2.28. The predicted octanol–water partition coefficient (Wildman–Crippen LogP) is 0.856. The molecule has 2 aromatic rings. The fourth-order valence-corrected chi connectivity index (χ4v) is 1.99. The van der Waals surface area contributed by atoms with Crippen LogP contribution < -0.4 is 11.1 Å². The second kappa shape index (κ2) is 6.94. The van der Waals surface area contributed by atoms with E-state index in [1.54, 1.807) is 0 Å². The van der Waals surface area contributed by atoms with Gasteiger partial charge in [0.05, 0.1) is 6.04 Å². The maximum atomic E-state index is 11.8. The van der Waals surface area contributed by atoms with Crippen LogP contribution in [0.1, 0.15) is 25.8 Å². The zero-order valence-corrected chi connectivity index (χ0v) is 12.2. The molecule has 1 heterocycles. The summed E-state index contributed by atoms with van der Waals surface area (Å²) in [6, 6.07) is 7.16. The van der Waals surface area contributed by atoms with Gasteiger partial charge in [0.2, 0.25) is 11.7 Å². The Balaban J connectivity index is 1.88. The number of carbonyl (C=O) groups excluding carboxylic acids is 1. The van der Waals surface area contributed by atoms with Gasteiger partial charge < -0.3 is 11.1 Å². The normalized spacial score (nSPS) is 12.4. The van der Waals surface area contributed by atoms with E-state index in [9.17, 15) is 4.79 Å². The maximum absolute atomic E-state index is 11.8. The van der Waals surface area contributed by atoms with Gasteiger partial charge in [-0.05, 0) is 23.1 Å². The lowest BCUT2D eigenvalue weighted by Crippen LogP contribution is -2.40. The van der Waals surface area contributed by atoms with E-state index in [2.05, 4.69) is 25.9 Å². The molecule has 0 bridgehead atoms. The number of tetrazole rings is 1. The number of aromatic amines is 1. The summed E-state index contributed by atoms with van der Waals surface area (Å²) < 4.78 is 0. The van der Waals surface area contributed by atoms with Crippen molar-refractivity contribution in [3.8, 4) is 11.4 Å². The first-order valence-electron chi connectivity index (χ1n) is 6.92. The SMILES string of the molecule is CC(C)C[C@H](N)C(=O)NCc1ccc(-c2nn[nH]n2)cc1. The predicted molar refractivity (Wildman–Crippen MR) is 78.9 cm³/mol. The fraction of sp³-hybridized carbons (Fsp3) is 0.429. The molecule has 112 valence electrons. The van der Waals surface area contributed by atoms with E-state index in [-0.39, 0.29) is 5.91 Å². The van der Waals surface area contributed by atoms with Crippen molar-refractivity contribution in [1.29, 1.82) is 0 Å². The second-order valence-electron chi connectivity index (χ2n) is 5.39. The molecule has 0 fully saturated rings. The van der Waals surface area contributed by atoms with Gasteiger partial charge in [0, 0.05) is 12.1 Å². The number of nitrogens with zero attached hydrogens (tertiary/aromatic N) is 3. The molecule has 1 amide bonds. The molecule has 1 atom stereocenters. The molecule has 1 aromatic carbocycles. The van der Waals surface area contributed by atoms with Crippen LogP contribution in [-0.4, -0.2) is 32.6 Å². The number of benzene rings is 1. The van der Waals surface area contributed by atoms with E-state index >= 15 is 0 Å². The lowest BCUT2D eigenvalue weighted by Gasteiger charge is -2.14. The zero-order chi connectivity index (χ0) is 15.2. The minimum Gasteiger partial charge on any atom is -0.351 e. The van der Waals surface area contributed by atoms with Gasteiger partial charge >= 0.3 is 0 Å². The van der Waals surface area contributed by atoms with Crippen molar-refractivity contribution < 1.29 is 4.79 Å². The Morgan fingerprint density at radius 1 is 1.33 bits per heavy atom. The van der Waals surface area contributed by atoms with E-state index in [1.807, 2.05) is 38.1 Å². The summed E-state index contributed by atoms with van der Waals surface area (Å²) in [5.41, 5.74) is 7.70. The van der Waals surface area contributed by atoms with Crippen molar-refractivity contribution in [1.82, 2.24) is 25.9 Å². The molecule has 0 aliphatic carbocycles. The number of nitrogens with one attached hydrogen (secondary N) is 2. The Morgan fingerprint density at radius 2 is 2.05 bits per heavy atom. The van der Waals surface area contributed by atoms with Crippen LogP contribution in [0.15, 0.2) is 24.3 Å². The van der Waals surface area contributed by atoms with Crippen LogP contribution in [0.4, 0.5) is 0 Å². The number of hydrogen-bond donors (Lipinski definition) is 3. The van der Waals surface area contributed by atoms with Crippen LogP contribution >= 0.6 is 0 Å². The highest BCUT2D eigenvalue weighted by Crippen LogP contribution is 2.13. The Bertz CT molecular complexity index is 564. The number of rotatable bonds is 6. The minimum atomic E-state index is -0.455. The van der Waals surface area contributed by atoms with Crippen molar-refractivity contribution >= 4 is 5.91 Å². The van der Waals surface area contributed by atoms with E-state index in [4.69, 9.17) is 5.73 Å². The van der Waals surface area contributed by atoms with E-state index < -0.39 is 6.04 Å². The number of aromatic nitrogens is 4. The Labute approximate surface area is 123 Å². The van der Waals surface area contributed by atoms with Crippen LogP contribution in [-0.2, 0) is 11.3 Å². The number of carbonyl (C=O) groups is 1. The summed E-state index contributed by atoms with van der Waals surface area (Å²) in [6.07, 6.45) is 0.683. The molecule has 0 saturated carbocycles. The van der Waals surface area contributed by atoms with Crippen molar-refractivity contribution in [2.24, 2.45) is 11.7 Å². The summed E-state index contributed by atoms with van der Waals surface area (Å²) >= 11 is 0. The van der Waals surface area contributed by atoms with Gasteiger partial charge in [-0.2, -0.15) is 5.21 Å². The highest BCUT2D eigenvalue weighted by atomic mass is 16.2. The van der Waals surface area contributed by atoms with Crippen LogP contribution in [0.2, 0.25) is 0 Å². The third kappa shape index (κ3) is 4.35. The average Bonchev–Trinajstić information content (AvgIpc) is 2.98. The van der Waals surface area contributed by atoms with Gasteiger partial charge in [-0.3, -0.25) is 4.79 Å². The van der Waals surface area contributed by atoms with Gasteiger partial charge in [0.25, 0.3) is 0 Å². The number of nitrogens with two attached hydrogens (primary N) is 1. The van der Waals surface area contributed by atoms with Crippen LogP contribution in [0, 0.1) is 5.92 Å². The van der Waals surface area contributed by atoms with E-state index in [0.717, 1.165) is 11.1 Å². The third-order valence-electron chi connectivity index (χ3n) is 3.09. The molecular formula is C14H20N6O. The Kier molecular flexibility index (Phi) is 4.99. The van der Waals surface area contributed by atoms with Crippen LogP contribution in [0.25, 0.3) is 11.4 Å². The molecule has 0 radical (unpaired) electrons. The number of H-pyrrole nitrogens is 1. The molecule has 0 unspecified atom stereocenters. The summed E-state index contributed by atoms with van der Waals surface area (Å²) in [7, 11) is 0. The third-order valence-corrected chi connectivity index (χ3v) is 3.09. The topological polar surface area (TPSA) is 110 Å². The summed E-state index contributed by atoms with van der Waals surface area (Å²) in [4.78, 5) is 11.8. The first-order valence-corrected chi connectivity index (χ1v) is 6.92. The first-order chi connectivity index (χ1) is 10.1. The summed E-state index contributed by atoms with van der Waals surface area (Å²) in [5.74, 6) is 0.829. The number of hydrogen-bond acceptors (Lipinski definition) is 5. The van der Waals surface area contributed by atoms with Crippen molar-refractivity contribution in [2.75, 3.05) is 0 Å². The molecule has 21 heavy (non-hydrogen) atoms. The van der Waals surface area contributed by atoms with Gasteiger partial charge in [0.1, 0.15) is 0 Å². The van der Waals surface area contributed by atoms with Gasteiger partial charge in [0.15, 0.2) is 0 Å². The summed E-state index contributed by atoms with van der Waals surface area (Å²) in [5, 5.41) is 16.6. The van der Waals surface area contributed by atoms with Crippen LogP contribution in [0.5, 0.6) is 0 Å². The highest BCUT2D eigenvalue weighted by molar-refractivity contribution is 5.81. The van der Waals surface area contributed by atoms with Crippen molar-refractivity contribution in [3.05, 3.63) is 29.8 Å². The standard InChI is InChI=1S/C14H20N6O/c1-9(2)7-12(15)14(21)16-8-10-3-5-11(6-4-10)13-17-19-20-18-13/h3-6,9,12H,7-8,15H2,1-2H3,(H,16,21)(H,17,18,19,20)/t12-/m0/s1. The molecule has 4 N–H and O–H groups in total. The molecule has 0 saturated heterocycles. The molecule has 0 aliphatic heterocycles. The van der Waals surface area contributed by atoms with Crippen LogP contribution in [0.3, 0.4) is 0 Å². The highest BCUT2D eigenvalue weighted by Gasteiger charge is 2.14. The number of amides is 1. The first kappa shape index (κ1) is 15.1. The molecule has 7 heteroatoms. The Morgan fingerprint density at radius 3 is 2.62 bits per heavy atom. The monoisotopic (exact) mass is 288 g/mol. The molecule has 1 aromatic heterocycles.